The highest BCUT2D eigenvalue weighted by molar-refractivity contribution is 7.99. The van der Waals surface area contributed by atoms with Crippen molar-refractivity contribution >= 4 is 23.4 Å². The number of anilines is 1. The van der Waals surface area contributed by atoms with E-state index in [1.807, 2.05) is 13.8 Å². The van der Waals surface area contributed by atoms with Crippen molar-refractivity contribution in [1.82, 2.24) is 15.5 Å². The zero-order valence-corrected chi connectivity index (χ0v) is 9.57. The van der Waals surface area contributed by atoms with Crippen LogP contribution in [0.25, 0.3) is 0 Å². The quantitative estimate of drug-likeness (QED) is 0.691. The summed E-state index contributed by atoms with van der Waals surface area (Å²) in [7, 11) is 0. The molecule has 1 aliphatic rings. The summed E-state index contributed by atoms with van der Waals surface area (Å²) < 4.78 is 0. The van der Waals surface area contributed by atoms with E-state index in [2.05, 4.69) is 20.8 Å². The van der Waals surface area contributed by atoms with Gasteiger partial charge in [-0.25, -0.2) is 0 Å². The fourth-order valence-electron chi connectivity index (χ4n) is 1.51. The van der Waals surface area contributed by atoms with Gasteiger partial charge in [0.15, 0.2) is 0 Å². The summed E-state index contributed by atoms with van der Waals surface area (Å²) in [4.78, 5) is 11.8. The van der Waals surface area contributed by atoms with Crippen molar-refractivity contribution in [3.63, 3.8) is 0 Å². The smallest absolute Gasteiger partial charge is 0.242 e. The molecule has 1 aromatic rings. The lowest BCUT2D eigenvalue weighted by Gasteiger charge is -2.10. The van der Waals surface area contributed by atoms with Crippen LogP contribution >= 0.6 is 11.8 Å². The Labute approximate surface area is 92.4 Å². The first-order chi connectivity index (χ1) is 7.18. The van der Waals surface area contributed by atoms with Crippen molar-refractivity contribution in [2.75, 3.05) is 16.9 Å². The molecule has 0 aliphatic carbocycles. The lowest BCUT2D eigenvalue weighted by Crippen LogP contribution is -2.37. The average molecular weight is 226 g/mol. The summed E-state index contributed by atoms with van der Waals surface area (Å²) in [6.45, 7) is 3.77. The first-order valence-corrected chi connectivity index (χ1v) is 5.97. The molecule has 82 valence electrons. The molecule has 1 fully saturated rings. The summed E-state index contributed by atoms with van der Waals surface area (Å²) in [6.07, 6.45) is 0. The minimum Gasteiger partial charge on any atom is -0.322 e. The van der Waals surface area contributed by atoms with E-state index in [4.69, 9.17) is 0 Å². The van der Waals surface area contributed by atoms with Crippen molar-refractivity contribution in [3.8, 4) is 0 Å². The molecule has 1 saturated heterocycles. The van der Waals surface area contributed by atoms with E-state index in [-0.39, 0.29) is 11.9 Å². The molecule has 6 heteroatoms. The zero-order chi connectivity index (χ0) is 10.8. The summed E-state index contributed by atoms with van der Waals surface area (Å²) in [5.74, 6) is 1.70. The summed E-state index contributed by atoms with van der Waals surface area (Å²) >= 11 is 1.74. The Morgan fingerprint density at radius 3 is 2.93 bits per heavy atom. The number of hydrogen-bond donors (Lipinski definition) is 3. The lowest BCUT2D eigenvalue weighted by atomic mass is 10.2. The van der Waals surface area contributed by atoms with Gasteiger partial charge < -0.3 is 5.32 Å². The molecule has 0 radical (unpaired) electrons. The summed E-state index contributed by atoms with van der Waals surface area (Å²) in [5, 5.41) is 12.9. The Bertz CT molecular complexity index is 351. The molecule has 1 aromatic heterocycles. The Morgan fingerprint density at radius 2 is 2.40 bits per heavy atom. The Kier molecular flexibility index (Phi) is 2.97. The first-order valence-electron chi connectivity index (χ1n) is 4.82. The molecule has 1 amide bonds. The fourth-order valence-corrected chi connectivity index (χ4v) is 2.45. The minimum absolute atomic E-state index is 0.0209. The molecule has 5 nitrogen and oxygen atoms in total. The number of H-pyrrole nitrogens is 1. The number of rotatable bonds is 2. The van der Waals surface area contributed by atoms with E-state index < -0.39 is 0 Å². The highest BCUT2D eigenvalue weighted by Gasteiger charge is 2.23. The maximum Gasteiger partial charge on any atom is 0.242 e. The number of nitrogens with one attached hydrogen (secondary N) is 3. The Balaban J connectivity index is 2.05. The number of aromatic amines is 1. The zero-order valence-electron chi connectivity index (χ0n) is 8.76. The third-order valence-electron chi connectivity index (χ3n) is 2.41. The Hall–Kier alpha value is -1.01. The number of carbonyl (C=O) groups excluding carboxylic acids is 1. The van der Waals surface area contributed by atoms with E-state index >= 15 is 0 Å². The van der Waals surface area contributed by atoms with Crippen molar-refractivity contribution in [2.24, 2.45) is 0 Å². The van der Waals surface area contributed by atoms with Gasteiger partial charge in [-0.1, -0.05) is 0 Å². The van der Waals surface area contributed by atoms with Gasteiger partial charge in [-0.3, -0.25) is 15.2 Å². The van der Waals surface area contributed by atoms with Gasteiger partial charge in [-0.05, 0) is 13.8 Å². The lowest BCUT2D eigenvalue weighted by molar-refractivity contribution is -0.117. The molecule has 1 atom stereocenters. The van der Waals surface area contributed by atoms with Crippen LogP contribution in [0.2, 0.25) is 0 Å². The molecule has 15 heavy (non-hydrogen) atoms. The van der Waals surface area contributed by atoms with Crippen LogP contribution in [0.5, 0.6) is 0 Å². The van der Waals surface area contributed by atoms with E-state index in [0.717, 1.165) is 28.7 Å². The van der Waals surface area contributed by atoms with Crippen LogP contribution < -0.4 is 10.6 Å². The predicted molar refractivity (Wildman–Crippen MR) is 60.9 cm³/mol. The van der Waals surface area contributed by atoms with Crippen molar-refractivity contribution in [3.05, 3.63) is 11.4 Å². The van der Waals surface area contributed by atoms with Crippen molar-refractivity contribution in [2.45, 2.75) is 19.9 Å². The Morgan fingerprint density at radius 1 is 1.60 bits per heavy atom. The molecule has 1 unspecified atom stereocenters. The number of hydrogen-bond acceptors (Lipinski definition) is 4. The van der Waals surface area contributed by atoms with Gasteiger partial charge in [0.25, 0.3) is 0 Å². The van der Waals surface area contributed by atoms with E-state index in [1.54, 1.807) is 11.8 Å². The SMILES string of the molecule is Cc1n[nH]c(C)c1NC(=O)C1CSCN1. The average Bonchev–Trinajstić information content (AvgIpc) is 2.82. The van der Waals surface area contributed by atoms with Gasteiger partial charge in [0.2, 0.25) is 5.91 Å². The van der Waals surface area contributed by atoms with E-state index in [9.17, 15) is 4.79 Å². The van der Waals surface area contributed by atoms with Crippen LogP contribution in [0.1, 0.15) is 11.4 Å². The molecule has 0 saturated carbocycles. The molecule has 3 N–H and O–H groups in total. The summed E-state index contributed by atoms with van der Waals surface area (Å²) in [6, 6.07) is -0.0799. The van der Waals surface area contributed by atoms with Crippen LogP contribution in [-0.2, 0) is 4.79 Å². The second kappa shape index (κ2) is 4.24. The third-order valence-corrected chi connectivity index (χ3v) is 3.35. The van der Waals surface area contributed by atoms with Crippen LogP contribution in [0.4, 0.5) is 5.69 Å². The largest absolute Gasteiger partial charge is 0.322 e. The molecule has 0 spiro atoms. The van der Waals surface area contributed by atoms with E-state index in [1.165, 1.54) is 0 Å². The van der Waals surface area contributed by atoms with Gasteiger partial charge in [0.05, 0.1) is 23.1 Å². The van der Waals surface area contributed by atoms with E-state index in [0.29, 0.717) is 0 Å². The molecule has 2 heterocycles. The molecular weight excluding hydrogens is 212 g/mol. The van der Waals surface area contributed by atoms with Crippen LogP contribution in [0.15, 0.2) is 0 Å². The fraction of sp³-hybridized carbons (Fsp3) is 0.556. The highest BCUT2D eigenvalue weighted by atomic mass is 32.2. The molecular formula is C9H14N4OS. The number of amides is 1. The molecule has 1 aliphatic heterocycles. The number of aryl methyl sites for hydroxylation is 2. The topological polar surface area (TPSA) is 69.8 Å². The van der Waals surface area contributed by atoms with Crippen molar-refractivity contribution in [1.29, 1.82) is 0 Å². The third kappa shape index (κ3) is 2.15. The van der Waals surface area contributed by atoms with Crippen molar-refractivity contribution < 1.29 is 4.79 Å². The first kappa shape index (κ1) is 10.5. The second-order valence-corrected chi connectivity index (χ2v) is 4.60. The number of carbonyl (C=O) groups is 1. The monoisotopic (exact) mass is 226 g/mol. The predicted octanol–water partition coefficient (Wildman–Crippen LogP) is 0.628. The normalized spacial score (nSPS) is 20.5. The van der Waals surface area contributed by atoms with Gasteiger partial charge in [-0.2, -0.15) is 5.10 Å². The minimum atomic E-state index is -0.0799. The van der Waals surface area contributed by atoms with Gasteiger partial charge in [0, 0.05) is 11.6 Å². The number of thioether (sulfide) groups is 1. The van der Waals surface area contributed by atoms with Gasteiger partial charge in [-0.15, -0.1) is 11.8 Å². The highest BCUT2D eigenvalue weighted by Crippen LogP contribution is 2.17. The van der Waals surface area contributed by atoms with Crippen LogP contribution in [0, 0.1) is 13.8 Å². The second-order valence-electron chi connectivity index (χ2n) is 3.57. The standard InChI is InChI=1S/C9H14N4OS/c1-5-8(6(2)13-12-5)11-9(14)7-3-15-4-10-7/h7,10H,3-4H2,1-2H3,(H,11,14)(H,12,13). The maximum absolute atomic E-state index is 11.8. The maximum atomic E-state index is 11.8. The number of nitrogens with zero attached hydrogens (tertiary/aromatic N) is 1. The molecule has 0 aromatic carbocycles. The molecule has 0 bridgehead atoms. The van der Waals surface area contributed by atoms with Gasteiger partial charge in [0.1, 0.15) is 0 Å². The molecule has 2 rings (SSSR count). The van der Waals surface area contributed by atoms with Crippen LogP contribution in [-0.4, -0.2) is 33.8 Å². The summed E-state index contributed by atoms with van der Waals surface area (Å²) in [5.41, 5.74) is 2.52. The number of aromatic nitrogens is 2. The van der Waals surface area contributed by atoms with Gasteiger partial charge >= 0.3 is 0 Å². The van der Waals surface area contributed by atoms with Crippen LogP contribution in [0.3, 0.4) is 0 Å².